The summed E-state index contributed by atoms with van der Waals surface area (Å²) in [6, 6.07) is 13.4. The second-order valence-corrected chi connectivity index (χ2v) is 5.41. The molecule has 0 spiro atoms. The Morgan fingerprint density at radius 3 is 2.72 bits per heavy atom. The molecule has 25 heavy (non-hydrogen) atoms. The zero-order chi connectivity index (χ0) is 17.8. The van der Waals surface area contributed by atoms with Crippen molar-refractivity contribution in [2.45, 2.75) is 6.54 Å². The highest BCUT2D eigenvalue weighted by Crippen LogP contribution is 2.21. The van der Waals surface area contributed by atoms with Gasteiger partial charge in [-0.15, -0.1) is 0 Å². The Kier molecular flexibility index (Phi) is 4.79. The number of benzene rings is 2. The van der Waals surface area contributed by atoms with Crippen molar-refractivity contribution in [3.63, 3.8) is 0 Å². The summed E-state index contributed by atoms with van der Waals surface area (Å²) in [4.78, 5) is 16.1. The molecule has 0 aliphatic carbocycles. The molecule has 6 heteroatoms. The van der Waals surface area contributed by atoms with Crippen molar-refractivity contribution in [2.75, 3.05) is 19.5 Å². The van der Waals surface area contributed by atoms with E-state index in [0.717, 1.165) is 16.7 Å². The standard InChI is InChI=1S/C19H17FN2O3/c1-24-15-5-7-17-12(10-15)4-8-18(22-17)21-11-14-9-13(19(23)25-2)3-6-16(14)20/h3-10H,11H2,1-2H3,(H,21,22). The Morgan fingerprint density at radius 2 is 1.96 bits per heavy atom. The summed E-state index contributed by atoms with van der Waals surface area (Å²) in [6.45, 7) is 0.200. The predicted molar refractivity (Wildman–Crippen MR) is 93.4 cm³/mol. The van der Waals surface area contributed by atoms with E-state index in [4.69, 9.17) is 4.74 Å². The number of esters is 1. The van der Waals surface area contributed by atoms with Crippen LogP contribution in [0.1, 0.15) is 15.9 Å². The van der Waals surface area contributed by atoms with Gasteiger partial charge in [-0.25, -0.2) is 14.2 Å². The molecule has 1 heterocycles. The zero-order valence-corrected chi connectivity index (χ0v) is 13.9. The number of hydrogen-bond donors (Lipinski definition) is 1. The van der Waals surface area contributed by atoms with E-state index in [1.165, 1.54) is 25.3 Å². The smallest absolute Gasteiger partial charge is 0.337 e. The lowest BCUT2D eigenvalue weighted by atomic mass is 10.1. The highest BCUT2D eigenvalue weighted by atomic mass is 19.1. The van der Waals surface area contributed by atoms with Crippen LogP contribution in [0.4, 0.5) is 10.2 Å². The monoisotopic (exact) mass is 340 g/mol. The first-order valence-corrected chi connectivity index (χ1v) is 7.66. The molecule has 0 fully saturated rings. The Bertz CT molecular complexity index is 928. The van der Waals surface area contributed by atoms with E-state index in [1.54, 1.807) is 7.11 Å². The maximum absolute atomic E-state index is 13.9. The largest absolute Gasteiger partial charge is 0.497 e. The fraction of sp³-hybridized carbons (Fsp3) is 0.158. The van der Waals surface area contributed by atoms with Gasteiger partial charge in [0.2, 0.25) is 0 Å². The molecular formula is C19H17FN2O3. The van der Waals surface area contributed by atoms with Gasteiger partial charge in [0.05, 0.1) is 25.3 Å². The number of methoxy groups -OCH3 is 2. The summed E-state index contributed by atoms with van der Waals surface area (Å²) in [7, 11) is 2.90. The number of carbonyl (C=O) groups is 1. The molecule has 0 saturated heterocycles. The van der Waals surface area contributed by atoms with E-state index >= 15 is 0 Å². The third-order valence-corrected chi connectivity index (χ3v) is 3.82. The number of anilines is 1. The predicted octanol–water partition coefficient (Wildman–Crippen LogP) is 3.78. The van der Waals surface area contributed by atoms with Crippen LogP contribution in [0, 0.1) is 5.82 Å². The van der Waals surface area contributed by atoms with Crippen LogP contribution < -0.4 is 10.1 Å². The molecule has 3 aromatic rings. The molecule has 0 unspecified atom stereocenters. The lowest BCUT2D eigenvalue weighted by molar-refractivity contribution is 0.0600. The van der Waals surface area contributed by atoms with Gasteiger partial charge >= 0.3 is 5.97 Å². The van der Waals surface area contributed by atoms with Gasteiger partial charge in [0.25, 0.3) is 0 Å². The van der Waals surface area contributed by atoms with Crippen molar-refractivity contribution in [1.29, 1.82) is 0 Å². The maximum Gasteiger partial charge on any atom is 0.337 e. The summed E-state index contributed by atoms with van der Waals surface area (Å²) < 4.78 is 23.8. The molecule has 0 radical (unpaired) electrons. The SMILES string of the molecule is COC(=O)c1ccc(F)c(CNc2ccc3cc(OC)ccc3n2)c1. The number of rotatable bonds is 5. The van der Waals surface area contributed by atoms with Crippen LogP contribution in [0.25, 0.3) is 10.9 Å². The van der Waals surface area contributed by atoms with Crippen molar-refractivity contribution in [3.05, 3.63) is 65.5 Å². The van der Waals surface area contributed by atoms with Crippen LogP contribution in [0.2, 0.25) is 0 Å². The highest BCUT2D eigenvalue weighted by Gasteiger charge is 2.10. The molecule has 0 amide bonds. The molecule has 3 rings (SSSR count). The maximum atomic E-state index is 13.9. The third-order valence-electron chi connectivity index (χ3n) is 3.82. The van der Waals surface area contributed by atoms with E-state index in [0.29, 0.717) is 16.9 Å². The number of pyridine rings is 1. The zero-order valence-electron chi connectivity index (χ0n) is 13.9. The summed E-state index contributed by atoms with van der Waals surface area (Å²) >= 11 is 0. The fourth-order valence-electron chi connectivity index (χ4n) is 2.47. The lowest BCUT2D eigenvalue weighted by Crippen LogP contribution is -2.07. The van der Waals surface area contributed by atoms with E-state index in [-0.39, 0.29) is 6.54 Å². The number of carbonyl (C=O) groups excluding carboxylic acids is 1. The lowest BCUT2D eigenvalue weighted by Gasteiger charge is -2.09. The van der Waals surface area contributed by atoms with Crippen molar-refractivity contribution >= 4 is 22.7 Å². The molecule has 2 aromatic carbocycles. The van der Waals surface area contributed by atoms with Crippen LogP contribution >= 0.6 is 0 Å². The van der Waals surface area contributed by atoms with Crippen molar-refractivity contribution < 1.29 is 18.7 Å². The van der Waals surface area contributed by atoms with Gasteiger partial charge in [-0.1, -0.05) is 0 Å². The normalized spacial score (nSPS) is 10.5. The molecule has 0 atom stereocenters. The van der Waals surface area contributed by atoms with Crippen molar-refractivity contribution in [3.8, 4) is 5.75 Å². The first-order valence-electron chi connectivity index (χ1n) is 7.66. The molecular weight excluding hydrogens is 323 g/mol. The second kappa shape index (κ2) is 7.17. The molecule has 0 aliphatic rings. The summed E-state index contributed by atoms with van der Waals surface area (Å²) in [5.41, 5.74) is 1.47. The molecule has 1 aromatic heterocycles. The molecule has 1 N–H and O–H groups in total. The number of nitrogens with one attached hydrogen (secondary N) is 1. The summed E-state index contributed by atoms with van der Waals surface area (Å²) in [5, 5.41) is 4.02. The van der Waals surface area contributed by atoms with Crippen LogP contribution in [0.3, 0.4) is 0 Å². The van der Waals surface area contributed by atoms with Crippen molar-refractivity contribution in [1.82, 2.24) is 4.98 Å². The van der Waals surface area contributed by atoms with Crippen LogP contribution in [0.15, 0.2) is 48.5 Å². The van der Waals surface area contributed by atoms with Crippen molar-refractivity contribution in [2.24, 2.45) is 0 Å². The molecule has 0 aliphatic heterocycles. The third kappa shape index (κ3) is 3.68. The Morgan fingerprint density at radius 1 is 1.12 bits per heavy atom. The van der Waals surface area contributed by atoms with E-state index in [9.17, 15) is 9.18 Å². The van der Waals surface area contributed by atoms with Gasteiger partial charge in [0, 0.05) is 17.5 Å². The van der Waals surface area contributed by atoms with E-state index in [1.807, 2.05) is 30.3 Å². The average Bonchev–Trinajstić information content (AvgIpc) is 2.66. The van der Waals surface area contributed by atoms with Gasteiger partial charge < -0.3 is 14.8 Å². The number of aromatic nitrogens is 1. The molecule has 128 valence electrons. The fourth-order valence-corrected chi connectivity index (χ4v) is 2.47. The van der Waals surface area contributed by atoms with E-state index in [2.05, 4.69) is 15.0 Å². The Hall–Kier alpha value is -3.15. The minimum atomic E-state index is -0.501. The van der Waals surface area contributed by atoms with Gasteiger partial charge in [-0.05, 0) is 48.5 Å². The minimum absolute atomic E-state index is 0.200. The molecule has 5 nitrogen and oxygen atoms in total. The quantitative estimate of drug-likeness (QED) is 0.716. The van der Waals surface area contributed by atoms with E-state index < -0.39 is 11.8 Å². The highest BCUT2D eigenvalue weighted by molar-refractivity contribution is 5.89. The topological polar surface area (TPSA) is 60.5 Å². The molecule has 0 saturated carbocycles. The number of hydrogen-bond acceptors (Lipinski definition) is 5. The summed E-state index contributed by atoms with van der Waals surface area (Å²) in [6.07, 6.45) is 0. The number of fused-ring (bicyclic) bond motifs is 1. The number of halogens is 1. The van der Waals surface area contributed by atoms with Gasteiger partial charge in [-0.2, -0.15) is 0 Å². The average molecular weight is 340 g/mol. The van der Waals surface area contributed by atoms with Crippen LogP contribution in [0.5, 0.6) is 5.75 Å². The van der Waals surface area contributed by atoms with Crippen LogP contribution in [-0.4, -0.2) is 25.2 Å². The number of ether oxygens (including phenoxy) is 2. The first-order chi connectivity index (χ1) is 12.1. The Labute approximate surface area is 144 Å². The molecule has 0 bridgehead atoms. The van der Waals surface area contributed by atoms with Gasteiger partial charge in [-0.3, -0.25) is 0 Å². The first kappa shape index (κ1) is 16.7. The summed E-state index contributed by atoms with van der Waals surface area (Å²) in [5.74, 6) is 0.474. The Balaban J connectivity index is 1.79. The van der Waals surface area contributed by atoms with Gasteiger partial charge in [0.15, 0.2) is 0 Å². The van der Waals surface area contributed by atoms with Gasteiger partial charge in [0.1, 0.15) is 17.4 Å². The van der Waals surface area contributed by atoms with Crippen LogP contribution in [-0.2, 0) is 11.3 Å². The second-order valence-electron chi connectivity index (χ2n) is 5.41. The number of nitrogens with zero attached hydrogens (tertiary/aromatic N) is 1. The minimum Gasteiger partial charge on any atom is -0.497 e.